The molecule has 0 aromatic carbocycles. The van der Waals surface area contributed by atoms with Crippen LogP contribution < -0.4 is 5.32 Å². The number of nitrogens with one attached hydrogen (secondary N) is 1. The fourth-order valence-electron chi connectivity index (χ4n) is 2.30. The summed E-state index contributed by atoms with van der Waals surface area (Å²) in [5, 5.41) is 3.51. The van der Waals surface area contributed by atoms with Gasteiger partial charge in [0, 0.05) is 31.5 Å². The second-order valence-corrected chi connectivity index (χ2v) is 4.81. The first-order valence-corrected chi connectivity index (χ1v) is 6.10. The number of hydrogen-bond donors (Lipinski definition) is 1. The fraction of sp³-hybridized carbons (Fsp3) is 0.615. The van der Waals surface area contributed by atoms with Crippen LogP contribution in [0.4, 0.5) is 0 Å². The molecule has 0 bridgehead atoms. The molecule has 0 spiro atoms. The lowest BCUT2D eigenvalue weighted by molar-refractivity contribution is 0.264. The largest absolute Gasteiger partial charge is 0.313 e. The predicted molar refractivity (Wildman–Crippen MR) is 66.3 cm³/mol. The molecule has 16 heavy (non-hydrogen) atoms. The molecule has 1 fully saturated rings. The van der Waals surface area contributed by atoms with Gasteiger partial charge in [0.15, 0.2) is 0 Å². The highest BCUT2D eigenvalue weighted by atomic mass is 15.2. The monoisotopic (exact) mass is 219 g/mol. The highest BCUT2D eigenvalue weighted by molar-refractivity contribution is 5.16. The van der Waals surface area contributed by atoms with Crippen molar-refractivity contribution in [2.75, 3.05) is 19.6 Å². The van der Waals surface area contributed by atoms with Crippen LogP contribution in [0, 0.1) is 6.92 Å². The maximum absolute atomic E-state index is 4.25. The van der Waals surface area contributed by atoms with Gasteiger partial charge in [0.25, 0.3) is 0 Å². The normalized spacial score (nSPS) is 23.0. The summed E-state index contributed by atoms with van der Waals surface area (Å²) in [5.41, 5.74) is 2.58. The second kappa shape index (κ2) is 5.41. The van der Waals surface area contributed by atoms with Crippen LogP contribution >= 0.6 is 0 Å². The zero-order valence-electron chi connectivity index (χ0n) is 10.2. The fourth-order valence-corrected chi connectivity index (χ4v) is 2.30. The Hall–Kier alpha value is -0.930. The zero-order chi connectivity index (χ0) is 11.4. The molecule has 2 rings (SSSR count). The summed E-state index contributed by atoms with van der Waals surface area (Å²) >= 11 is 0. The van der Waals surface area contributed by atoms with Crippen molar-refractivity contribution in [1.82, 2.24) is 15.2 Å². The topological polar surface area (TPSA) is 28.2 Å². The highest BCUT2D eigenvalue weighted by Gasteiger charge is 2.13. The molecule has 1 aromatic heterocycles. The van der Waals surface area contributed by atoms with Crippen LogP contribution in [0.5, 0.6) is 0 Å². The molecule has 1 atom stereocenters. The molecule has 1 aliphatic heterocycles. The van der Waals surface area contributed by atoms with Crippen LogP contribution in [0.15, 0.2) is 18.5 Å². The summed E-state index contributed by atoms with van der Waals surface area (Å²) in [6, 6.07) is 2.83. The lowest BCUT2D eigenvalue weighted by Gasteiger charge is -2.22. The van der Waals surface area contributed by atoms with E-state index in [1.165, 1.54) is 24.1 Å². The molecule has 2 heterocycles. The Morgan fingerprint density at radius 1 is 1.50 bits per heavy atom. The quantitative estimate of drug-likeness (QED) is 0.818. The Labute approximate surface area is 97.9 Å². The van der Waals surface area contributed by atoms with E-state index in [9.17, 15) is 0 Å². The van der Waals surface area contributed by atoms with Crippen LogP contribution in [-0.4, -0.2) is 35.6 Å². The molecule has 0 aliphatic carbocycles. The van der Waals surface area contributed by atoms with Crippen LogP contribution in [0.1, 0.15) is 24.5 Å². The second-order valence-electron chi connectivity index (χ2n) is 4.81. The Kier molecular flexibility index (Phi) is 3.91. The van der Waals surface area contributed by atoms with Gasteiger partial charge in [-0.3, -0.25) is 9.88 Å². The van der Waals surface area contributed by atoms with Gasteiger partial charge >= 0.3 is 0 Å². The number of hydrogen-bond acceptors (Lipinski definition) is 3. The van der Waals surface area contributed by atoms with Gasteiger partial charge in [-0.25, -0.2) is 0 Å². The molecule has 0 amide bonds. The van der Waals surface area contributed by atoms with Crippen LogP contribution in [0.25, 0.3) is 0 Å². The van der Waals surface area contributed by atoms with Crippen molar-refractivity contribution in [3.8, 4) is 0 Å². The van der Waals surface area contributed by atoms with E-state index in [1.807, 2.05) is 12.4 Å². The van der Waals surface area contributed by atoms with E-state index < -0.39 is 0 Å². The first-order chi connectivity index (χ1) is 7.74. The standard InChI is InChI=1S/C13H21N3/c1-11-6-13(8-14-7-11)10-16-5-3-4-15-12(2)9-16/h6-8,12,15H,3-5,9-10H2,1-2H3. The van der Waals surface area contributed by atoms with Crippen molar-refractivity contribution in [2.24, 2.45) is 0 Å². The number of rotatable bonds is 2. The van der Waals surface area contributed by atoms with Crippen molar-refractivity contribution < 1.29 is 0 Å². The molecule has 1 aliphatic rings. The molecule has 1 N–H and O–H groups in total. The Morgan fingerprint density at radius 3 is 3.19 bits per heavy atom. The van der Waals surface area contributed by atoms with Crippen molar-refractivity contribution in [2.45, 2.75) is 32.9 Å². The minimum atomic E-state index is 0.597. The molecule has 1 saturated heterocycles. The van der Waals surface area contributed by atoms with Crippen molar-refractivity contribution in [3.63, 3.8) is 0 Å². The molecule has 1 unspecified atom stereocenters. The number of pyridine rings is 1. The van der Waals surface area contributed by atoms with Crippen molar-refractivity contribution >= 4 is 0 Å². The summed E-state index contributed by atoms with van der Waals surface area (Å²) < 4.78 is 0. The van der Waals surface area contributed by atoms with E-state index in [0.717, 1.165) is 19.6 Å². The van der Waals surface area contributed by atoms with Gasteiger partial charge in [0.1, 0.15) is 0 Å². The third kappa shape index (κ3) is 3.29. The minimum Gasteiger partial charge on any atom is -0.313 e. The number of aromatic nitrogens is 1. The maximum atomic E-state index is 4.25. The van der Waals surface area contributed by atoms with Gasteiger partial charge in [-0.2, -0.15) is 0 Å². The number of aryl methyl sites for hydroxylation is 1. The molecule has 3 nitrogen and oxygen atoms in total. The van der Waals surface area contributed by atoms with Gasteiger partial charge in [0.2, 0.25) is 0 Å². The molecule has 3 heteroatoms. The van der Waals surface area contributed by atoms with E-state index in [0.29, 0.717) is 6.04 Å². The average Bonchev–Trinajstić information content (AvgIpc) is 2.43. The Morgan fingerprint density at radius 2 is 2.38 bits per heavy atom. The van der Waals surface area contributed by atoms with E-state index in [1.54, 1.807) is 0 Å². The highest BCUT2D eigenvalue weighted by Crippen LogP contribution is 2.08. The van der Waals surface area contributed by atoms with Crippen molar-refractivity contribution in [3.05, 3.63) is 29.6 Å². The summed E-state index contributed by atoms with van der Waals surface area (Å²) in [7, 11) is 0. The summed E-state index contributed by atoms with van der Waals surface area (Å²) in [6.45, 7) is 8.85. The number of nitrogens with zero attached hydrogens (tertiary/aromatic N) is 2. The Bertz CT molecular complexity index is 338. The lowest BCUT2D eigenvalue weighted by atomic mass is 10.2. The zero-order valence-corrected chi connectivity index (χ0v) is 10.2. The minimum absolute atomic E-state index is 0.597. The van der Waals surface area contributed by atoms with Crippen LogP contribution in [0.3, 0.4) is 0 Å². The van der Waals surface area contributed by atoms with Crippen LogP contribution in [-0.2, 0) is 6.54 Å². The molecule has 0 saturated carbocycles. The third-order valence-corrected chi connectivity index (χ3v) is 3.01. The molecular weight excluding hydrogens is 198 g/mol. The van der Waals surface area contributed by atoms with E-state index in [-0.39, 0.29) is 0 Å². The first-order valence-electron chi connectivity index (χ1n) is 6.10. The van der Waals surface area contributed by atoms with E-state index in [2.05, 4.69) is 35.1 Å². The smallest absolute Gasteiger partial charge is 0.0313 e. The predicted octanol–water partition coefficient (Wildman–Crippen LogP) is 1.57. The SMILES string of the molecule is Cc1cncc(CN2CCCNC(C)C2)c1. The molecular formula is C13H21N3. The lowest BCUT2D eigenvalue weighted by Crippen LogP contribution is -2.34. The molecule has 1 aromatic rings. The van der Waals surface area contributed by atoms with Gasteiger partial charge in [-0.05, 0) is 44.5 Å². The molecule has 88 valence electrons. The van der Waals surface area contributed by atoms with Gasteiger partial charge in [-0.1, -0.05) is 6.07 Å². The average molecular weight is 219 g/mol. The van der Waals surface area contributed by atoms with Crippen molar-refractivity contribution in [1.29, 1.82) is 0 Å². The Balaban J connectivity index is 1.97. The summed E-state index contributed by atoms with van der Waals surface area (Å²) in [6.07, 6.45) is 5.13. The van der Waals surface area contributed by atoms with Crippen LogP contribution in [0.2, 0.25) is 0 Å². The van der Waals surface area contributed by atoms with Gasteiger partial charge < -0.3 is 5.32 Å². The van der Waals surface area contributed by atoms with Gasteiger partial charge in [0.05, 0.1) is 0 Å². The van der Waals surface area contributed by atoms with E-state index >= 15 is 0 Å². The summed E-state index contributed by atoms with van der Waals surface area (Å²) in [4.78, 5) is 6.76. The maximum Gasteiger partial charge on any atom is 0.0313 e. The summed E-state index contributed by atoms with van der Waals surface area (Å²) in [5.74, 6) is 0. The third-order valence-electron chi connectivity index (χ3n) is 3.01. The van der Waals surface area contributed by atoms with E-state index in [4.69, 9.17) is 0 Å². The molecule has 0 radical (unpaired) electrons. The van der Waals surface area contributed by atoms with Gasteiger partial charge in [-0.15, -0.1) is 0 Å². The first kappa shape index (κ1) is 11.6.